The van der Waals surface area contributed by atoms with Crippen LogP contribution in [0, 0.1) is 6.92 Å². The van der Waals surface area contributed by atoms with Gasteiger partial charge in [-0.1, -0.05) is 38.1 Å². The third-order valence-electron chi connectivity index (χ3n) is 4.11. The fourth-order valence-electron chi connectivity index (χ4n) is 2.88. The van der Waals surface area contributed by atoms with Crippen LogP contribution in [0.4, 0.5) is 5.69 Å². The lowest BCUT2D eigenvalue weighted by Crippen LogP contribution is -2.38. The van der Waals surface area contributed by atoms with E-state index in [4.69, 9.17) is 0 Å². The molecule has 2 rings (SSSR count). The molecule has 0 aliphatic heterocycles. The minimum Gasteiger partial charge on any atom is -0.354 e. The van der Waals surface area contributed by atoms with Crippen molar-refractivity contribution in [1.29, 1.82) is 0 Å². The zero-order chi connectivity index (χ0) is 18.4. The molecule has 1 aromatic carbocycles. The van der Waals surface area contributed by atoms with E-state index in [0.717, 1.165) is 21.7 Å². The van der Waals surface area contributed by atoms with E-state index in [0.29, 0.717) is 25.4 Å². The molecule has 25 heavy (non-hydrogen) atoms. The minimum absolute atomic E-state index is 0.0105. The van der Waals surface area contributed by atoms with E-state index in [-0.39, 0.29) is 11.8 Å². The summed E-state index contributed by atoms with van der Waals surface area (Å²) in [6.45, 7) is 8.75. The Bertz CT molecular complexity index is 723. The summed E-state index contributed by atoms with van der Waals surface area (Å²) in [5.74, 6) is 0.300. The topological polar surface area (TPSA) is 49.4 Å². The molecule has 0 radical (unpaired) electrons. The molecular weight excluding hydrogens is 332 g/mol. The van der Waals surface area contributed by atoms with Crippen LogP contribution >= 0.6 is 11.3 Å². The van der Waals surface area contributed by atoms with Crippen LogP contribution in [-0.4, -0.2) is 24.9 Å². The fourth-order valence-corrected chi connectivity index (χ4v) is 3.59. The highest BCUT2D eigenvalue weighted by Crippen LogP contribution is 2.30. The van der Waals surface area contributed by atoms with Gasteiger partial charge in [-0.2, -0.15) is 0 Å². The zero-order valence-corrected chi connectivity index (χ0v) is 16.2. The van der Waals surface area contributed by atoms with Crippen LogP contribution in [0.15, 0.2) is 35.7 Å². The molecule has 4 nitrogen and oxygen atoms in total. The van der Waals surface area contributed by atoms with E-state index in [1.54, 1.807) is 23.2 Å². The van der Waals surface area contributed by atoms with Crippen molar-refractivity contribution in [3.8, 4) is 0 Å². The lowest BCUT2D eigenvalue weighted by Gasteiger charge is -2.27. The number of rotatable bonds is 7. The average molecular weight is 359 g/mol. The number of para-hydroxylation sites is 1. The number of carbonyl (C=O) groups excluding carboxylic acids is 2. The van der Waals surface area contributed by atoms with Crippen LogP contribution in [0.3, 0.4) is 0 Å². The van der Waals surface area contributed by atoms with Crippen molar-refractivity contribution < 1.29 is 9.59 Å². The number of nitrogens with zero attached hydrogens (tertiary/aromatic N) is 1. The van der Waals surface area contributed by atoms with E-state index in [1.807, 2.05) is 36.6 Å². The monoisotopic (exact) mass is 358 g/mol. The Hall–Kier alpha value is -2.14. The summed E-state index contributed by atoms with van der Waals surface area (Å²) < 4.78 is 0. The van der Waals surface area contributed by atoms with Crippen LogP contribution in [0.1, 0.15) is 42.7 Å². The Labute approximate surface area is 153 Å². The number of carbonyl (C=O) groups is 2. The number of nitrogens with one attached hydrogen (secondary N) is 1. The van der Waals surface area contributed by atoms with Gasteiger partial charge in [0.15, 0.2) is 0 Å². The smallest absolute Gasteiger partial charge is 0.225 e. The molecule has 0 spiro atoms. The normalized spacial score (nSPS) is 10.8. The molecule has 5 heteroatoms. The van der Waals surface area contributed by atoms with Crippen molar-refractivity contribution in [2.45, 2.75) is 40.0 Å². The molecule has 0 unspecified atom stereocenters. The average Bonchev–Trinajstić information content (AvgIpc) is 3.04. The standard InChI is InChI=1S/C20H26N2O2S/c1-14(2)18-9-5-7-15(3)20(18)22(16(4)23)11-10-21-19(24)13-17-8-6-12-25-17/h5-9,12,14H,10-11,13H2,1-4H3,(H,21,24). The van der Waals surface area contributed by atoms with Crippen molar-refractivity contribution >= 4 is 28.8 Å². The maximum absolute atomic E-state index is 12.2. The van der Waals surface area contributed by atoms with Gasteiger partial charge in [0.25, 0.3) is 0 Å². The third kappa shape index (κ3) is 5.16. The molecule has 0 bridgehead atoms. The van der Waals surface area contributed by atoms with Crippen LogP contribution in [0.2, 0.25) is 0 Å². The summed E-state index contributed by atoms with van der Waals surface area (Å²) in [6, 6.07) is 10.0. The highest BCUT2D eigenvalue weighted by atomic mass is 32.1. The van der Waals surface area contributed by atoms with E-state index in [9.17, 15) is 9.59 Å². The predicted octanol–water partition coefficient (Wildman–Crippen LogP) is 3.89. The zero-order valence-electron chi connectivity index (χ0n) is 15.3. The second-order valence-electron chi connectivity index (χ2n) is 6.44. The largest absolute Gasteiger partial charge is 0.354 e. The quantitative estimate of drug-likeness (QED) is 0.816. The molecule has 0 saturated heterocycles. The summed E-state index contributed by atoms with van der Waals surface area (Å²) >= 11 is 1.57. The van der Waals surface area contributed by atoms with E-state index in [1.165, 1.54) is 0 Å². The number of amides is 2. The Kier molecular flexibility index (Phi) is 6.76. The van der Waals surface area contributed by atoms with Crippen molar-refractivity contribution in [3.63, 3.8) is 0 Å². The van der Waals surface area contributed by atoms with Crippen molar-refractivity contribution in [2.24, 2.45) is 0 Å². The number of benzene rings is 1. The van der Waals surface area contributed by atoms with Crippen LogP contribution in [0.25, 0.3) is 0 Å². The second-order valence-corrected chi connectivity index (χ2v) is 7.48. The highest BCUT2D eigenvalue weighted by molar-refractivity contribution is 7.10. The van der Waals surface area contributed by atoms with Crippen molar-refractivity contribution in [1.82, 2.24) is 5.32 Å². The van der Waals surface area contributed by atoms with Crippen LogP contribution in [-0.2, 0) is 16.0 Å². The summed E-state index contributed by atoms with van der Waals surface area (Å²) in [5, 5.41) is 4.88. The minimum atomic E-state index is -0.0141. The maximum Gasteiger partial charge on any atom is 0.225 e. The number of aryl methyl sites for hydroxylation is 1. The van der Waals surface area contributed by atoms with Gasteiger partial charge in [-0.05, 0) is 35.4 Å². The molecule has 1 aromatic heterocycles. The Morgan fingerprint density at radius 3 is 2.56 bits per heavy atom. The third-order valence-corrected chi connectivity index (χ3v) is 4.99. The SMILES string of the molecule is CC(=O)N(CCNC(=O)Cc1cccs1)c1c(C)cccc1C(C)C. The van der Waals surface area contributed by atoms with Crippen molar-refractivity contribution in [3.05, 3.63) is 51.7 Å². The Morgan fingerprint density at radius 1 is 1.20 bits per heavy atom. The Morgan fingerprint density at radius 2 is 1.96 bits per heavy atom. The summed E-state index contributed by atoms with van der Waals surface area (Å²) in [4.78, 5) is 27.1. The molecule has 2 amide bonds. The lowest BCUT2D eigenvalue weighted by atomic mass is 9.97. The first kappa shape index (κ1) is 19.2. The van der Waals surface area contributed by atoms with Gasteiger partial charge in [-0.15, -0.1) is 11.3 Å². The van der Waals surface area contributed by atoms with Gasteiger partial charge in [-0.25, -0.2) is 0 Å². The van der Waals surface area contributed by atoms with Gasteiger partial charge < -0.3 is 10.2 Å². The molecular formula is C20H26N2O2S. The van der Waals surface area contributed by atoms with Gasteiger partial charge in [0, 0.05) is 24.9 Å². The molecule has 0 saturated carbocycles. The first-order valence-electron chi connectivity index (χ1n) is 8.56. The molecule has 0 fully saturated rings. The van der Waals surface area contributed by atoms with Gasteiger partial charge in [-0.3, -0.25) is 9.59 Å². The second kappa shape index (κ2) is 8.81. The van der Waals surface area contributed by atoms with E-state index < -0.39 is 0 Å². The lowest BCUT2D eigenvalue weighted by molar-refractivity contribution is -0.120. The van der Waals surface area contributed by atoms with E-state index in [2.05, 4.69) is 25.2 Å². The Balaban J connectivity index is 2.05. The number of hydrogen-bond acceptors (Lipinski definition) is 3. The number of anilines is 1. The summed E-state index contributed by atoms with van der Waals surface area (Å²) in [7, 11) is 0. The first-order valence-corrected chi connectivity index (χ1v) is 9.44. The molecule has 1 N–H and O–H groups in total. The number of thiophene rings is 1. The van der Waals surface area contributed by atoms with Gasteiger partial charge in [0.05, 0.1) is 12.1 Å². The summed E-state index contributed by atoms with van der Waals surface area (Å²) in [6.07, 6.45) is 0.388. The van der Waals surface area contributed by atoms with Crippen molar-refractivity contribution in [2.75, 3.05) is 18.0 Å². The van der Waals surface area contributed by atoms with Gasteiger partial charge >= 0.3 is 0 Å². The van der Waals surface area contributed by atoms with Crippen LogP contribution < -0.4 is 10.2 Å². The molecule has 1 heterocycles. The van der Waals surface area contributed by atoms with Crippen LogP contribution in [0.5, 0.6) is 0 Å². The molecule has 2 aromatic rings. The molecule has 134 valence electrons. The summed E-state index contributed by atoms with van der Waals surface area (Å²) in [5.41, 5.74) is 3.20. The highest BCUT2D eigenvalue weighted by Gasteiger charge is 2.19. The molecule has 0 aliphatic rings. The first-order chi connectivity index (χ1) is 11.9. The number of hydrogen-bond donors (Lipinski definition) is 1. The fraction of sp³-hybridized carbons (Fsp3) is 0.400. The molecule has 0 aliphatic carbocycles. The van der Waals surface area contributed by atoms with E-state index >= 15 is 0 Å². The maximum atomic E-state index is 12.2. The van der Waals surface area contributed by atoms with Gasteiger partial charge in [0.1, 0.15) is 0 Å². The molecule has 0 atom stereocenters. The van der Waals surface area contributed by atoms with Gasteiger partial charge in [0.2, 0.25) is 11.8 Å². The predicted molar refractivity (Wildman–Crippen MR) is 104 cm³/mol.